The van der Waals surface area contributed by atoms with Gasteiger partial charge in [0.05, 0.1) is 19.3 Å². The summed E-state index contributed by atoms with van der Waals surface area (Å²) in [7, 11) is 1.67. The van der Waals surface area contributed by atoms with E-state index in [9.17, 15) is 4.79 Å². The number of carbonyl (C=O) groups is 1. The van der Waals surface area contributed by atoms with Gasteiger partial charge in [0.25, 0.3) is 0 Å². The zero-order valence-corrected chi connectivity index (χ0v) is 19.3. The Morgan fingerprint density at radius 1 is 1.18 bits per heavy atom. The Hall–Kier alpha value is -2.77. The molecule has 3 heterocycles. The molecule has 3 aliphatic heterocycles. The van der Waals surface area contributed by atoms with Gasteiger partial charge in [-0.15, -0.1) is 0 Å². The lowest BCUT2D eigenvalue weighted by Crippen LogP contribution is -2.53. The Morgan fingerprint density at radius 2 is 1.97 bits per heavy atom. The number of ether oxygens (including phenoxy) is 4. The first kappa shape index (κ1) is 22.0. The zero-order chi connectivity index (χ0) is 23.2. The van der Waals surface area contributed by atoms with Crippen LogP contribution in [0, 0.1) is 5.92 Å². The SMILES string of the molecule is COc1cccc2c1OC(C)(C)[C@@H]1C[C@H]3[C@@H](CCN3Cc3ccccc3OCC(=O)O)O[C@@H]21. The number of hydrogen-bond donors (Lipinski definition) is 1. The van der Waals surface area contributed by atoms with Crippen molar-refractivity contribution in [2.45, 2.75) is 57.1 Å². The van der Waals surface area contributed by atoms with E-state index in [4.69, 9.17) is 24.1 Å². The number of para-hydroxylation sites is 2. The Labute approximate surface area is 194 Å². The lowest BCUT2D eigenvalue weighted by atomic mass is 9.74. The Balaban J connectivity index is 1.38. The largest absolute Gasteiger partial charge is 0.493 e. The molecule has 0 aromatic heterocycles. The number of fused-ring (bicyclic) bond motifs is 4. The maximum atomic E-state index is 11.0. The molecule has 0 aliphatic carbocycles. The number of nitrogens with zero attached hydrogens (tertiary/aromatic N) is 1. The summed E-state index contributed by atoms with van der Waals surface area (Å²) in [5.41, 5.74) is 1.67. The summed E-state index contributed by atoms with van der Waals surface area (Å²) >= 11 is 0. The second kappa shape index (κ2) is 8.54. The van der Waals surface area contributed by atoms with Crippen LogP contribution in [0.3, 0.4) is 0 Å². The molecule has 2 aromatic rings. The first-order valence-electron chi connectivity index (χ1n) is 11.6. The molecule has 33 heavy (non-hydrogen) atoms. The van der Waals surface area contributed by atoms with Gasteiger partial charge in [-0.2, -0.15) is 0 Å². The number of carboxylic acid groups (broad SMARTS) is 1. The topological polar surface area (TPSA) is 77.5 Å². The van der Waals surface area contributed by atoms with Crippen LogP contribution >= 0.6 is 0 Å². The summed E-state index contributed by atoms with van der Waals surface area (Å²) in [4.78, 5) is 13.4. The van der Waals surface area contributed by atoms with Crippen molar-refractivity contribution in [3.63, 3.8) is 0 Å². The smallest absolute Gasteiger partial charge is 0.341 e. The van der Waals surface area contributed by atoms with E-state index in [1.165, 1.54) is 0 Å². The molecule has 1 N–H and O–H groups in total. The average Bonchev–Trinajstić information content (AvgIpc) is 3.19. The van der Waals surface area contributed by atoms with E-state index in [-0.39, 0.29) is 30.8 Å². The monoisotopic (exact) mass is 453 g/mol. The number of rotatable bonds is 6. The van der Waals surface area contributed by atoms with Gasteiger partial charge in [0, 0.05) is 36.2 Å². The van der Waals surface area contributed by atoms with Crippen LogP contribution in [0.4, 0.5) is 0 Å². The molecule has 176 valence electrons. The molecule has 2 fully saturated rings. The molecule has 0 bridgehead atoms. The van der Waals surface area contributed by atoms with Gasteiger partial charge in [-0.1, -0.05) is 30.3 Å². The fourth-order valence-corrected chi connectivity index (χ4v) is 5.65. The number of hydrogen-bond acceptors (Lipinski definition) is 6. The van der Waals surface area contributed by atoms with E-state index < -0.39 is 11.6 Å². The fraction of sp³-hybridized carbons (Fsp3) is 0.500. The van der Waals surface area contributed by atoms with Crippen LogP contribution in [-0.2, 0) is 16.1 Å². The van der Waals surface area contributed by atoms with Gasteiger partial charge in [0.1, 0.15) is 11.4 Å². The number of methoxy groups -OCH3 is 1. The van der Waals surface area contributed by atoms with E-state index in [2.05, 4.69) is 24.8 Å². The number of benzene rings is 2. The summed E-state index contributed by atoms with van der Waals surface area (Å²) in [5, 5.41) is 8.99. The van der Waals surface area contributed by atoms with Crippen molar-refractivity contribution in [3.05, 3.63) is 53.6 Å². The molecule has 7 nitrogen and oxygen atoms in total. The van der Waals surface area contributed by atoms with Gasteiger partial charge in [-0.3, -0.25) is 4.90 Å². The Bertz CT molecular complexity index is 1040. The van der Waals surface area contributed by atoms with Gasteiger partial charge in [0.15, 0.2) is 18.1 Å². The van der Waals surface area contributed by atoms with Crippen molar-refractivity contribution in [2.75, 3.05) is 20.3 Å². The van der Waals surface area contributed by atoms with Crippen LogP contribution < -0.4 is 14.2 Å². The molecule has 0 saturated carbocycles. The van der Waals surface area contributed by atoms with Crippen molar-refractivity contribution >= 4 is 5.97 Å². The van der Waals surface area contributed by atoms with E-state index >= 15 is 0 Å². The fourth-order valence-electron chi connectivity index (χ4n) is 5.65. The summed E-state index contributed by atoms with van der Waals surface area (Å²) in [6.45, 7) is 5.55. The van der Waals surface area contributed by atoms with Crippen molar-refractivity contribution in [2.24, 2.45) is 5.92 Å². The van der Waals surface area contributed by atoms with Crippen LogP contribution in [0.5, 0.6) is 17.2 Å². The highest BCUT2D eigenvalue weighted by molar-refractivity contribution is 5.68. The van der Waals surface area contributed by atoms with Crippen molar-refractivity contribution in [3.8, 4) is 17.2 Å². The predicted octanol–water partition coefficient (Wildman–Crippen LogP) is 4.05. The maximum absolute atomic E-state index is 11.0. The van der Waals surface area contributed by atoms with Gasteiger partial charge in [-0.25, -0.2) is 4.79 Å². The molecule has 2 aromatic carbocycles. The van der Waals surface area contributed by atoms with Crippen LogP contribution in [0.25, 0.3) is 0 Å². The Kier molecular flexibility index (Phi) is 5.70. The quantitative estimate of drug-likeness (QED) is 0.707. The molecule has 2 saturated heterocycles. The predicted molar refractivity (Wildman–Crippen MR) is 122 cm³/mol. The summed E-state index contributed by atoms with van der Waals surface area (Å²) in [6, 6.07) is 14.0. The maximum Gasteiger partial charge on any atom is 0.341 e. The molecule has 0 radical (unpaired) electrons. The summed E-state index contributed by atoms with van der Waals surface area (Å²) in [5.74, 6) is 1.40. The average molecular weight is 454 g/mol. The van der Waals surface area contributed by atoms with Crippen molar-refractivity contribution in [1.82, 2.24) is 4.90 Å². The third-order valence-electron chi connectivity index (χ3n) is 7.27. The second-order valence-corrected chi connectivity index (χ2v) is 9.64. The molecule has 3 aliphatic rings. The minimum absolute atomic E-state index is 0.0220. The van der Waals surface area contributed by atoms with Crippen molar-refractivity contribution < 1.29 is 28.8 Å². The molecule has 7 heteroatoms. The van der Waals surface area contributed by atoms with Crippen LogP contribution in [0.1, 0.15) is 43.9 Å². The van der Waals surface area contributed by atoms with Crippen LogP contribution in [0.2, 0.25) is 0 Å². The summed E-state index contributed by atoms with van der Waals surface area (Å²) in [6.07, 6.45) is 2.06. The highest BCUT2D eigenvalue weighted by Gasteiger charge is 2.53. The first-order chi connectivity index (χ1) is 15.9. The molecule has 0 spiro atoms. The molecule has 0 amide bonds. The van der Waals surface area contributed by atoms with E-state index in [0.29, 0.717) is 12.3 Å². The number of carboxylic acids is 1. The van der Waals surface area contributed by atoms with Crippen LogP contribution in [-0.4, -0.2) is 54.0 Å². The molecule has 4 atom stereocenters. The van der Waals surface area contributed by atoms with Gasteiger partial charge in [0.2, 0.25) is 0 Å². The van der Waals surface area contributed by atoms with Gasteiger partial charge in [-0.05, 0) is 38.8 Å². The molecular weight excluding hydrogens is 422 g/mol. The number of aliphatic carboxylic acids is 1. The minimum Gasteiger partial charge on any atom is -0.493 e. The third-order valence-corrected chi connectivity index (χ3v) is 7.27. The lowest BCUT2D eigenvalue weighted by molar-refractivity contribution is -0.163. The number of likely N-dealkylation sites (tertiary alicyclic amines) is 1. The van der Waals surface area contributed by atoms with Crippen LogP contribution in [0.15, 0.2) is 42.5 Å². The Morgan fingerprint density at radius 3 is 2.76 bits per heavy atom. The lowest BCUT2D eigenvalue weighted by Gasteiger charge is -2.51. The standard InChI is InChI=1S/C26H31NO6/c1-26(2)18-13-19-21(32-24(18)17-8-6-10-22(30-3)25(17)33-26)11-12-27(19)14-16-7-4-5-9-20(16)31-15-23(28)29/h4-10,18-19,21,24H,11-15H2,1-3H3,(H,28,29)/t18-,19+,21-,24+/m1/s1. The second-order valence-electron chi connectivity index (χ2n) is 9.64. The summed E-state index contributed by atoms with van der Waals surface area (Å²) < 4.78 is 24.4. The van der Waals surface area contributed by atoms with Gasteiger partial charge < -0.3 is 24.1 Å². The molecular formula is C26H31NO6. The minimum atomic E-state index is -0.978. The first-order valence-corrected chi connectivity index (χ1v) is 11.6. The third kappa shape index (κ3) is 4.04. The van der Waals surface area contributed by atoms with Crippen molar-refractivity contribution in [1.29, 1.82) is 0 Å². The molecule has 0 unspecified atom stereocenters. The van der Waals surface area contributed by atoms with E-state index in [1.807, 2.05) is 36.4 Å². The van der Waals surface area contributed by atoms with E-state index in [1.54, 1.807) is 7.11 Å². The molecule has 5 rings (SSSR count). The zero-order valence-electron chi connectivity index (χ0n) is 19.3. The van der Waals surface area contributed by atoms with Gasteiger partial charge >= 0.3 is 5.97 Å². The highest BCUT2D eigenvalue weighted by Crippen LogP contribution is 2.54. The highest BCUT2D eigenvalue weighted by atomic mass is 16.5. The van der Waals surface area contributed by atoms with E-state index in [0.717, 1.165) is 42.0 Å². The normalized spacial score (nSPS) is 27.6.